The molecular weight excluding hydrogens is 238 g/mol. The van der Waals surface area contributed by atoms with E-state index >= 15 is 0 Å². The molecular formula is C12H17NO3S. The van der Waals surface area contributed by atoms with E-state index in [1.54, 1.807) is 50.3 Å². The third-order valence-electron chi connectivity index (χ3n) is 1.90. The fraction of sp³-hybridized carbons (Fsp3) is 0.333. The predicted octanol–water partition coefficient (Wildman–Crippen LogP) is 1.84. The first-order valence-corrected chi connectivity index (χ1v) is 7.04. The van der Waals surface area contributed by atoms with Crippen molar-refractivity contribution in [2.75, 3.05) is 11.0 Å². The second-order valence-corrected chi connectivity index (χ2v) is 6.23. The van der Waals surface area contributed by atoms with Gasteiger partial charge in [0.05, 0.1) is 11.9 Å². The Morgan fingerprint density at radius 1 is 1.24 bits per heavy atom. The molecule has 0 bridgehead atoms. The molecule has 0 saturated heterocycles. The molecule has 0 aliphatic heterocycles. The summed E-state index contributed by atoms with van der Waals surface area (Å²) in [6.07, 6.45) is 4.56. The third kappa shape index (κ3) is 6.09. The number of hydrogen-bond acceptors (Lipinski definition) is 3. The molecule has 0 fully saturated rings. The van der Waals surface area contributed by atoms with Gasteiger partial charge in [-0.2, -0.15) is 0 Å². The molecule has 2 N–H and O–H groups in total. The van der Waals surface area contributed by atoms with Crippen molar-refractivity contribution in [3.63, 3.8) is 0 Å². The van der Waals surface area contributed by atoms with Crippen molar-refractivity contribution in [3.8, 4) is 0 Å². The Morgan fingerprint density at radius 3 is 2.18 bits per heavy atom. The molecule has 1 aromatic rings. The molecule has 0 aliphatic rings. The molecule has 0 atom stereocenters. The summed E-state index contributed by atoms with van der Waals surface area (Å²) in [5.41, 5.74) is 0.558. The van der Waals surface area contributed by atoms with Gasteiger partial charge in [-0.25, -0.2) is 8.42 Å². The van der Waals surface area contributed by atoms with Gasteiger partial charge < -0.3 is 5.11 Å². The molecule has 0 saturated carbocycles. The lowest BCUT2D eigenvalue weighted by molar-refractivity contribution is 0.134. The van der Waals surface area contributed by atoms with E-state index in [4.69, 9.17) is 0 Å². The Morgan fingerprint density at radius 2 is 1.76 bits per heavy atom. The van der Waals surface area contributed by atoms with Crippen LogP contribution in [0.3, 0.4) is 0 Å². The molecule has 0 radical (unpaired) electrons. The largest absolute Gasteiger partial charge is 0.386 e. The lowest BCUT2D eigenvalue weighted by Gasteiger charge is -2.10. The standard InChI is InChI=1S/C12H17NO3S/c1-12(2,14)9-8-10-4-6-11(7-5-10)13-17(3,15)16/h4-9,13-14H,1-3H3/b9-8+. The smallest absolute Gasteiger partial charge is 0.229 e. The van der Waals surface area contributed by atoms with E-state index in [1.807, 2.05) is 0 Å². The Hall–Kier alpha value is -1.33. The number of hydrogen-bond donors (Lipinski definition) is 2. The van der Waals surface area contributed by atoms with Gasteiger partial charge in [0.2, 0.25) is 10.0 Å². The van der Waals surface area contributed by atoms with Crippen molar-refractivity contribution < 1.29 is 13.5 Å². The van der Waals surface area contributed by atoms with Gasteiger partial charge in [-0.1, -0.05) is 24.3 Å². The van der Waals surface area contributed by atoms with Crippen LogP contribution in [0, 0.1) is 0 Å². The first-order valence-electron chi connectivity index (χ1n) is 5.15. The second-order valence-electron chi connectivity index (χ2n) is 4.48. The normalized spacial score (nSPS) is 12.9. The summed E-state index contributed by atoms with van der Waals surface area (Å²) in [5.74, 6) is 0. The predicted molar refractivity (Wildman–Crippen MR) is 70.2 cm³/mol. The number of rotatable bonds is 4. The fourth-order valence-corrected chi connectivity index (χ4v) is 1.74. The average molecular weight is 255 g/mol. The second kappa shape index (κ2) is 4.89. The average Bonchev–Trinajstić information content (AvgIpc) is 2.13. The SMILES string of the molecule is CC(C)(O)/C=C/c1ccc(NS(C)(=O)=O)cc1. The van der Waals surface area contributed by atoms with E-state index in [0.29, 0.717) is 5.69 Å². The van der Waals surface area contributed by atoms with Crippen LogP contribution in [0.4, 0.5) is 5.69 Å². The molecule has 0 aliphatic carbocycles. The van der Waals surface area contributed by atoms with Crippen LogP contribution in [-0.2, 0) is 10.0 Å². The summed E-state index contributed by atoms with van der Waals surface area (Å²) in [4.78, 5) is 0. The maximum absolute atomic E-state index is 11.0. The van der Waals surface area contributed by atoms with Gasteiger partial charge in [0.25, 0.3) is 0 Å². The highest BCUT2D eigenvalue weighted by Gasteiger charge is 2.05. The third-order valence-corrected chi connectivity index (χ3v) is 2.50. The number of aliphatic hydroxyl groups is 1. The first kappa shape index (κ1) is 13.7. The summed E-state index contributed by atoms with van der Waals surface area (Å²) in [6.45, 7) is 3.37. The molecule has 0 spiro atoms. The van der Waals surface area contributed by atoms with Crippen LogP contribution < -0.4 is 4.72 Å². The number of nitrogens with one attached hydrogen (secondary N) is 1. The van der Waals surface area contributed by atoms with Crippen molar-refractivity contribution in [3.05, 3.63) is 35.9 Å². The zero-order valence-corrected chi connectivity index (χ0v) is 11.0. The zero-order valence-electron chi connectivity index (χ0n) is 10.1. The molecule has 94 valence electrons. The minimum absolute atomic E-state index is 0.521. The van der Waals surface area contributed by atoms with Crippen LogP contribution in [0.5, 0.6) is 0 Å². The molecule has 1 aromatic carbocycles. The van der Waals surface area contributed by atoms with E-state index < -0.39 is 15.6 Å². The Balaban J connectivity index is 2.79. The fourth-order valence-electron chi connectivity index (χ4n) is 1.18. The van der Waals surface area contributed by atoms with Crippen molar-refractivity contribution >= 4 is 21.8 Å². The Bertz CT molecular complexity index is 496. The minimum atomic E-state index is -3.23. The van der Waals surface area contributed by atoms with Gasteiger partial charge in [-0.3, -0.25) is 4.72 Å². The topological polar surface area (TPSA) is 66.4 Å². The minimum Gasteiger partial charge on any atom is -0.386 e. The van der Waals surface area contributed by atoms with E-state index in [2.05, 4.69) is 4.72 Å². The van der Waals surface area contributed by atoms with Crippen LogP contribution in [0.2, 0.25) is 0 Å². The van der Waals surface area contributed by atoms with Crippen LogP contribution >= 0.6 is 0 Å². The summed E-state index contributed by atoms with van der Waals surface area (Å²) in [5, 5.41) is 9.51. The van der Waals surface area contributed by atoms with Crippen LogP contribution in [0.25, 0.3) is 6.08 Å². The van der Waals surface area contributed by atoms with Crippen molar-refractivity contribution in [2.24, 2.45) is 0 Å². The van der Waals surface area contributed by atoms with Crippen LogP contribution in [0.1, 0.15) is 19.4 Å². The lowest BCUT2D eigenvalue weighted by atomic mass is 10.1. The Kier molecular flexibility index (Phi) is 3.95. The molecule has 0 heterocycles. The highest BCUT2D eigenvalue weighted by Crippen LogP contribution is 2.13. The maximum Gasteiger partial charge on any atom is 0.229 e. The molecule has 5 heteroatoms. The number of anilines is 1. The summed E-state index contributed by atoms with van der Waals surface area (Å²) in [7, 11) is -3.23. The Labute approximate surface area is 102 Å². The highest BCUT2D eigenvalue weighted by molar-refractivity contribution is 7.92. The molecule has 17 heavy (non-hydrogen) atoms. The molecule has 4 nitrogen and oxygen atoms in total. The van der Waals surface area contributed by atoms with E-state index in [0.717, 1.165) is 11.8 Å². The monoisotopic (exact) mass is 255 g/mol. The number of benzene rings is 1. The van der Waals surface area contributed by atoms with Gasteiger partial charge in [-0.05, 0) is 31.5 Å². The van der Waals surface area contributed by atoms with Crippen molar-refractivity contribution in [2.45, 2.75) is 19.4 Å². The van der Waals surface area contributed by atoms with Gasteiger partial charge in [0.15, 0.2) is 0 Å². The maximum atomic E-state index is 11.0. The van der Waals surface area contributed by atoms with Gasteiger partial charge in [0, 0.05) is 5.69 Å². The molecule has 0 aromatic heterocycles. The van der Waals surface area contributed by atoms with Gasteiger partial charge in [0.1, 0.15) is 0 Å². The molecule has 0 unspecified atom stereocenters. The summed E-state index contributed by atoms with van der Waals surface area (Å²) >= 11 is 0. The summed E-state index contributed by atoms with van der Waals surface area (Å²) in [6, 6.07) is 6.89. The highest BCUT2D eigenvalue weighted by atomic mass is 32.2. The lowest BCUT2D eigenvalue weighted by Crippen LogP contribution is -2.13. The van der Waals surface area contributed by atoms with Gasteiger partial charge >= 0.3 is 0 Å². The first-order chi connectivity index (χ1) is 7.66. The molecule has 1 rings (SSSR count). The van der Waals surface area contributed by atoms with E-state index in [1.165, 1.54) is 0 Å². The zero-order chi connectivity index (χ0) is 13.1. The van der Waals surface area contributed by atoms with E-state index in [9.17, 15) is 13.5 Å². The number of sulfonamides is 1. The van der Waals surface area contributed by atoms with Crippen molar-refractivity contribution in [1.82, 2.24) is 0 Å². The van der Waals surface area contributed by atoms with E-state index in [-0.39, 0.29) is 0 Å². The summed E-state index contributed by atoms with van der Waals surface area (Å²) < 4.78 is 24.3. The quantitative estimate of drug-likeness (QED) is 0.862. The van der Waals surface area contributed by atoms with Crippen LogP contribution in [0.15, 0.2) is 30.3 Å². The van der Waals surface area contributed by atoms with Gasteiger partial charge in [-0.15, -0.1) is 0 Å². The van der Waals surface area contributed by atoms with Crippen molar-refractivity contribution in [1.29, 1.82) is 0 Å². The van der Waals surface area contributed by atoms with Crippen LogP contribution in [-0.4, -0.2) is 25.4 Å². The molecule has 0 amide bonds.